The minimum atomic E-state index is -4.62. The molecule has 0 saturated carbocycles. The predicted octanol–water partition coefficient (Wildman–Crippen LogP) is 2.72. The summed E-state index contributed by atoms with van der Waals surface area (Å²) in [4.78, 5) is 14.7. The van der Waals surface area contributed by atoms with E-state index in [0.717, 1.165) is 6.07 Å². The lowest BCUT2D eigenvalue weighted by Gasteiger charge is -2.21. The van der Waals surface area contributed by atoms with Gasteiger partial charge in [0.15, 0.2) is 0 Å². The van der Waals surface area contributed by atoms with E-state index in [1.54, 1.807) is 6.92 Å². The van der Waals surface area contributed by atoms with E-state index in [9.17, 15) is 18.0 Å². The lowest BCUT2D eigenvalue weighted by atomic mass is 10.1. The number of rotatable bonds is 4. The molecule has 1 aromatic heterocycles. The Morgan fingerprint density at radius 1 is 1.45 bits per heavy atom. The van der Waals surface area contributed by atoms with Gasteiger partial charge in [-0.05, 0) is 19.4 Å². The normalized spacial score (nSPS) is 18.3. The van der Waals surface area contributed by atoms with Gasteiger partial charge < -0.3 is 9.47 Å². The van der Waals surface area contributed by atoms with E-state index in [0.29, 0.717) is 6.42 Å². The van der Waals surface area contributed by atoms with Gasteiger partial charge >= 0.3 is 12.3 Å². The average molecular weight is 317 g/mol. The highest BCUT2D eigenvalue weighted by molar-refractivity contribution is 6.05. The minimum Gasteiger partial charge on any atom is -0.477 e. The zero-order valence-electron chi connectivity index (χ0n) is 11.9. The molecule has 1 amide bonds. The number of hydrogen-bond donors (Lipinski definition) is 1. The molecule has 22 heavy (non-hydrogen) atoms. The van der Waals surface area contributed by atoms with Gasteiger partial charge in [0.1, 0.15) is 17.4 Å². The van der Waals surface area contributed by atoms with E-state index in [1.807, 2.05) is 0 Å². The maximum absolute atomic E-state index is 13.1. The summed E-state index contributed by atoms with van der Waals surface area (Å²) in [7, 11) is 0. The Bertz CT molecular complexity index is 602. The van der Waals surface area contributed by atoms with Crippen LogP contribution in [0.1, 0.15) is 31.4 Å². The highest BCUT2D eigenvalue weighted by atomic mass is 19.4. The number of ether oxygens (including phenoxy) is 2. The number of hydrazone groups is 1. The molecule has 6 nitrogen and oxygen atoms in total. The smallest absolute Gasteiger partial charge is 0.428 e. The first-order valence-corrected chi connectivity index (χ1v) is 6.57. The molecule has 2 rings (SSSR count). The molecule has 2 heterocycles. The molecule has 1 atom stereocenters. The number of alkyl halides is 3. The molecule has 0 spiro atoms. The highest BCUT2D eigenvalue weighted by Crippen LogP contribution is 2.35. The molecule has 1 N–H and O–H groups in total. The number of carbonyl (C=O) groups excluding carboxylic acids is 1. The SMILES string of the molecule is CCCOc1ncc(C2=NNC(=O)OC2C)cc1C(F)(F)F. The topological polar surface area (TPSA) is 72.8 Å². The van der Waals surface area contributed by atoms with Crippen LogP contribution in [0, 0.1) is 0 Å². The van der Waals surface area contributed by atoms with Crippen molar-refractivity contribution in [3.8, 4) is 5.88 Å². The van der Waals surface area contributed by atoms with Gasteiger partial charge in [-0.1, -0.05) is 6.92 Å². The summed E-state index contributed by atoms with van der Waals surface area (Å²) in [6.45, 7) is 3.42. The van der Waals surface area contributed by atoms with Crippen molar-refractivity contribution in [3.05, 3.63) is 23.4 Å². The molecule has 0 bridgehead atoms. The average Bonchev–Trinajstić information content (AvgIpc) is 2.44. The van der Waals surface area contributed by atoms with Crippen LogP contribution in [0.4, 0.5) is 18.0 Å². The van der Waals surface area contributed by atoms with Crippen LogP contribution < -0.4 is 10.2 Å². The fourth-order valence-electron chi connectivity index (χ4n) is 1.85. The van der Waals surface area contributed by atoms with Crippen molar-refractivity contribution in [2.24, 2.45) is 5.10 Å². The third kappa shape index (κ3) is 3.46. The van der Waals surface area contributed by atoms with Crippen LogP contribution in [0.25, 0.3) is 0 Å². The molecule has 0 aliphatic carbocycles. The first kappa shape index (κ1) is 16.1. The van der Waals surface area contributed by atoms with Crippen LogP contribution >= 0.6 is 0 Å². The molecule has 1 aliphatic rings. The quantitative estimate of drug-likeness (QED) is 0.927. The van der Waals surface area contributed by atoms with Crippen LogP contribution in [0.5, 0.6) is 5.88 Å². The Kier molecular flexibility index (Phi) is 4.53. The zero-order chi connectivity index (χ0) is 16.3. The van der Waals surface area contributed by atoms with Gasteiger partial charge in [0.25, 0.3) is 0 Å². The van der Waals surface area contributed by atoms with Crippen LogP contribution in [-0.2, 0) is 10.9 Å². The van der Waals surface area contributed by atoms with Gasteiger partial charge in [-0.3, -0.25) is 0 Å². The molecule has 0 aromatic carbocycles. The maximum Gasteiger partial charge on any atom is 0.428 e. The Balaban J connectivity index is 2.40. The van der Waals surface area contributed by atoms with Gasteiger partial charge in [-0.2, -0.15) is 18.3 Å². The molecule has 120 valence electrons. The Morgan fingerprint density at radius 3 is 2.77 bits per heavy atom. The predicted molar refractivity (Wildman–Crippen MR) is 70.6 cm³/mol. The van der Waals surface area contributed by atoms with Crippen LogP contribution in [0.15, 0.2) is 17.4 Å². The number of hydrogen-bond acceptors (Lipinski definition) is 5. The molecule has 1 unspecified atom stereocenters. The van der Waals surface area contributed by atoms with Gasteiger partial charge in [0, 0.05) is 11.8 Å². The van der Waals surface area contributed by atoms with Crippen molar-refractivity contribution in [2.45, 2.75) is 32.5 Å². The number of nitrogens with one attached hydrogen (secondary N) is 1. The molecule has 1 aliphatic heterocycles. The first-order valence-electron chi connectivity index (χ1n) is 6.57. The number of pyridine rings is 1. The molecule has 9 heteroatoms. The van der Waals surface area contributed by atoms with E-state index in [2.05, 4.69) is 15.5 Å². The molecule has 1 aromatic rings. The number of halogens is 3. The third-order valence-corrected chi connectivity index (χ3v) is 2.83. The summed E-state index contributed by atoms with van der Waals surface area (Å²) >= 11 is 0. The van der Waals surface area contributed by atoms with Crippen molar-refractivity contribution in [1.29, 1.82) is 0 Å². The van der Waals surface area contributed by atoms with Gasteiger partial charge in [-0.15, -0.1) is 0 Å². The van der Waals surface area contributed by atoms with Crippen molar-refractivity contribution in [3.63, 3.8) is 0 Å². The summed E-state index contributed by atoms with van der Waals surface area (Å²) in [6, 6.07) is 0.883. The van der Waals surface area contributed by atoms with E-state index >= 15 is 0 Å². The fraction of sp³-hybridized carbons (Fsp3) is 0.462. The zero-order valence-corrected chi connectivity index (χ0v) is 11.9. The second-order valence-corrected chi connectivity index (χ2v) is 4.58. The van der Waals surface area contributed by atoms with Crippen molar-refractivity contribution in [1.82, 2.24) is 10.4 Å². The Labute approximate surface area is 124 Å². The van der Waals surface area contributed by atoms with E-state index in [1.165, 1.54) is 13.1 Å². The molecule has 0 fully saturated rings. The molecular formula is C13H14F3N3O3. The second-order valence-electron chi connectivity index (χ2n) is 4.58. The Morgan fingerprint density at radius 2 is 2.18 bits per heavy atom. The second kappa shape index (κ2) is 6.20. The van der Waals surface area contributed by atoms with Crippen molar-refractivity contribution >= 4 is 11.8 Å². The van der Waals surface area contributed by atoms with Gasteiger partial charge in [0.05, 0.1) is 6.61 Å². The number of carbonyl (C=O) groups is 1. The molecule has 0 radical (unpaired) electrons. The standard InChI is InChI=1S/C13H14F3N3O3/c1-3-4-21-11-9(13(14,15)16)5-8(6-17-11)10-7(2)22-12(20)19-18-10/h5-7H,3-4H2,1-2H3,(H,19,20). The van der Waals surface area contributed by atoms with Crippen LogP contribution in [-0.4, -0.2) is 29.5 Å². The summed E-state index contributed by atoms with van der Waals surface area (Å²) in [5.74, 6) is -0.480. The van der Waals surface area contributed by atoms with Crippen molar-refractivity contribution in [2.75, 3.05) is 6.61 Å². The lowest BCUT2D eigenvalue weighted by molar-refractivity contribution is -0.139. The monoisotopic (exact) mass is 317 g/mol. The maximum atomic E-state index is 13.1. The highest BCUT2D eigenvalue weighted by Gasteiger charge is 2.36. The first-order chi connectivity index (χ1) is 10.3. The summed E-state index contributed by atoms with van der Waals surface area (Å²) in [5.41, 5.74) is 1.31. The lowest BCUT2D eigenvalue weighted by Crippen LogP contribution is -2.37. The number of aromatic nitrogens is 1. The summed E-state index contributed by atoms with van der Waals surface area (Å²) in [5, 5.41) is 3.72. The van der Waals surface area contributed by atoms with E-state index < -0.39 is 29.8 Å². The fourth-order valence-corrected chi connectivity index (χ4v) is 1.85. The minimum absolute atomic E-state index is 0.101. The van der Waals surface area contributed by atoms with E-state index in [4.69, 9.17) is 9.47 Å². The van der Waals surface area contributed by atoms with Crippen LogP contribution in [0.2, 0.25) is 0 Å². The number of nitrogens with zero attached hydrogens (tertiary/aromatic N) is 2. The number of amides is 1. The third-order valence-electron chi connectivity index (χ3n) is 2.83. The van der Waals surface area contributed by atoms with Gasteiger partial charge in [0.2, 0.25) is 5.88 Å². The molecular weight excluding hydrogens is 303 g/mol. The Hall–Kier alpha value is -2.32. The summed E-state index contributed by atoms with van der Waals surface area (Å²) in [6.07, 6.45) is -4.39. The van der Waals surface area contributed by atoms with Crippen LogP contribution in [0.3, 0.4) is 0 Å². The summed E-state index contributed by atoms with van der Waals surface area (Å²) < 4.78 is 49.2. The van der Waals surface area contributed by atoms with Crippen molar-refractivity contribution < 1.29 is 27.4 Å². The number of cyclic esters (lactones) is 1. The van der Waals surface area contributed by atoms with E-state index in [-0.39, 0.29) is 17.9 Å². The van der Waals surface area contributed by atoms with Gasteiger partial charge in [-0.25, -0.2) is 15.2 Å². The largest absolute Gasteiger partial charge is 0.477 e. The molecule has 0 saturated heterocycles.